The van der Waals surface area contributed by atoms with E-state index in [1.807, 2.05) is 54.6 Å². The predicted molar refractivity (Wildman–Crippen MR) is 178 cm³/mol. The molecule has 1 saturated heterocycles. The number of nitrogens with zero attached hydrogens (tertiary/aromatic N) is 1. The van der Waals surface area contributed by atoms with E-state index in [4.69, 9.17) is 14.2 Å². The van der Waals surface area contributed by atoms with E-state index in [0.29, 0.717) is 37.0 Å². The highest BCUT2D eigenvalue weighted by atomic mass is 16.7. The summed E-state index contributed by atoms with van der Waals surface area (Å²) in [6.07, 6.45) is 5.41. The van der Waals surface area contributed by atoms with Crippen LogP contribution in [0.3, 0.4) is 0 Å². The summed E-state index contributed by atoms with van der Waals surface area (Å²) >= 11 is 0. The first-order chi connectivity index (χ1) is 21.4. The smallest absolute Gasteiger partial charge is 0.352 e. The fraction of sp³-hybridized carbons (Fsp3) is 0.421. The van der Waals surface area contributed by atoms with Crippen molar-refractivity contribution < 1.29 is 23.8 Å². The molecule has 1 aliphatic rings. The molecule has 1 heterocycles. The molecule has 0 aliphatic carbocycles. The van der Waals surface area contributed by atoms with Crippen LogP contribution in [0.4, 0.5) is 5.69 Å². The third kappa shape index (κ3) is 9.87. The molecule has 1 fully saturated rings. The molecule has 240 valence electrons. The zero-order chi connectivity index (χ0) is 32.5. The third-order valence-electron chi connectivity index (χ3n) is 7.73. The number of unbranched alkanes of at least 4 members (excludes halogenated alkanes) is 4. The summed E-state index contributed by atoms with van der Waals surface area (Å²) < 4.78 is 17.1. The van der Waals surface area contributed by atoms with Crippen LogP contribution in [-0.4, -0.2) is 29.2 Å². The summed E-state index contributed by atoms with van der Waals surface area (Å²) in [5, 5.41) is 3.39. The first kappa shape index (κ1) is 33.6. The van der Waals surface area contributed by atoms with Gasteiger partial charge in [0, 0.05) is 32.6 Å². The lowest BCUT2D eigenvalue weighted by atomic mass is 9.87. The molecule has 1 aliphatic heterocycles. The maximum atomic E-state index is 13.4. The number of hydrogen-bond donors (Lipinski definition) is 1. The Morgan fingerprint density at radius 3 is 2.02 bits per heavy atom. The van der Waals surface area contributed by atoms with Crippen LogP contribution in [0.2, 0.25) is 0 Å². The molecule has 45 heavy (non-hydrogen) atoms. The number of rotatable bonds is 14. The van der Waals surface area contributed by atoms with Gasteiger partial charge in [-0.25, -0.2) is 9.59 Å². The lowest BCUT2D eigenvalue weighted by Gasteiger charge is -2.34. The fourth-order valence-corrected chi connectivity index (χ4v) is 5.16. The minimum atomic E-state index is -1.34. The summed E-state index contributed by atoms with van der Waals surface area (Å²) in [6, 6.07) is 26.0. The molecule has 0 saturated carbocycles. The molecule has 3 aromatic rings. The number of ether oxygens (including phenoxy) is 3. The molecule has 0 spiro atoms. The van der Waals surface area contributed by atoms with Gasteiger partial charge in [0.2, 0.25) is 0 Å². The number of carbonyl (C=O) groups is 2. The standard InChI is InChI=1S/C38H48N2O5/c1-7-8-9-10-14-25-40(26-28-17-19-30(20-18-28)37(2,3)4)34(33-35(41)44-38(5,6)45-36(33)42)39-31-21-23-32(24-22-31)43-27-29-15-12-11-13-16-29/h11-13,15-24,39H,7-10,14,25-27H2,1-6H3. The van der Waals surface area contributed by atoms with Gasteiger partial charge in [-0.3, -0.25) is 0 Å². The molecular weight excluding hydrogens is 564 g/mol. The molecule has 3 aromatic carbocycles. The Labute approximate surface area is 268 Å². The number of cyclic esters (lactones) is 2. The van der Waals surface area contributed by atoms with E-state index < -0.39 is 17.7 Å². The van der Waals surface area contributed by atoms with Gasteiger partial charge < -0.3 is 24.4 Å². The minimum Gasteiger partial charge on any atom is -0.489 e. The van der Waals surface area contributed by atoms with E-state index in [1.165, 1.54) is 12.0 Å². The van der Waals surface area contributed by atoms with Crippen molar-refractivity contribution in [2.24, 2.45) is 0 Å². The minimum absolute atomic E-state index is 0.0333. The van der Waals surface area contributed by atoms with Gasteiger partial charge in [-0.05, 0) is 52.8 Å². The molecule has 7 heteroatoms. The molecule has 0 radical (unpaired) electrons. The van der Waals surface area contributed by atoms with Crippen LogP contribution in [0.5, 0.6) is 5.75 Å². The number of esters is 2. The van der Waals surface area contributed by atoms with E-state index in [0.717, 1.165) is 36.8 Å². The Bertz CT molecular complexity index is 1420. The van der Waals surface area contributed by atoms with Crippen molar-refractivity contribution in [1.29, 1.82) is 0 Å². The highest BCUT2D eigenvalue weighted by Crippen LogP contribution is 2.30. The molecule has 0 bridgehead atoms. The molecule has 1 N–H and O–H groups in total. The van der Waals surface area contributed by atoms with Gasteiger partial charge in [-0.2, -0.15) is 0 Å². The third-order valence-corrected chi connectivity index (χ3v) is 7.73. The zero-order valence-corrected chi connectivity index (χ0v) is 27.7. The molecule has 0 unspecified atom stereocenters. The fourth-order valence-electron chi connectivity index (χ4n) is 5.16. The van der Waals surface area contributed by atoms with Gasteiger partial charge in [0.25, 0.3) is 5.79 Å². The quantitative estimate of drug-likeness (QED) is 0.0847. The SMILES string of the molecule is CCCCCCCN(Cc1ccc(C(C)(C)C)cc1)C(Nc1ccc(OCc2ccccc2)cc1)=C1C(=O)OC(C)(C)OC1=O. The van der Waals surface area contributed by atoms with Gasteiger partial charge in [-0.15, -0.1) is 0 Å². The Kier molecular flexibility index (Phi) is 11.3. The van der Waals surface area contributed by atoms with Crippen molar-refractivity contribution in [2.45, 2.75) is 98.0 Å². The van der Waals surface area contributed by atoms with Crippen LogP contribution in [-0.2, 0) is 37.6 Å². The Balaban J connectivity index is 1.65. The van der Waals surface area contributed by atoms with Crippen molar-refractivity contribution in [3.63, 3.8) is 0 Å². The Morgan fingerprint density at radius 2 is 1.42 bits per heavy atom. The Hall–Kier alpha value is -4.26. The molecule has 7 nitrogen and oxygen atoms in total. The lowest BCUT2D eigenvalue weighted by molar-refractivity contribution is -0.222. The number of hydrogen-bond acceptors (Lipinski definition) is 7. The maximum Gasteiger partial charge on any atom is 0.352 e. The average Bonchev–Trinajstić information content (AvgIpc) is 2.99. The molecule has 0 aromatic heterocycles. The predicted octanol–water partition coefficient (Wildman–Crippen LogP) is 8.50. The number of benzene rings is 3. The second kappa shape index (κ2) is 15.2. The zero-order valence-electron chi connectivity index (χ0n) is 27.7. The summed E-state index contributed by atoms with van der Waals surface area (Å²) in [6.45, 7) is 13.5. The highest BCUT2D eigenvalue weighted by Gasteiger charge is 2.42. The van der Waals surface area contributed by atoms with Crippen LogP contribution in [0.1, 0.15) is 90.3 Å². The van der Waals surface area contributed by atoms with E-state index in [9.17, 15) is 9.59 Å². The van der Waals surface area contributed by atoms with Gasteiger partial charge in [-0.1, -0.05) is 108 Å². The largest absolute Gasteiger partial charge is 0.489 e. The summed E-state index contributed by atoms with van der Waals surface area (Å²) in [5.41, 5.74) is 3.98. The van der Waals surface area contributed by atoms with Crippen molar-refractivity contribution in [3.05, 3.63) is 107 Å². The van der Waals surface area contributed by atoms with Crippen molar-refractivity contribution in [3.8, 4) is 5.75 Å². The number of anilines is 1. The summed E-state index contributed by atoms with van der Waals surface area (Å²) in [5.74, 6) is -1.67. The monoisotopic (exact) mass is 612 g/mol. The molecular formula is C38H48N2O5. The van der Waals surface area contributed by atoms with E-state index >= 15 is 0 Å². The molecule has 0 atom stereocenters. The Morgan fingerprint density at radius 1 is 0.800 bits per heavy atom. The second-order valence-corrected chi connectivity index (χ2v) is 13.1. The van der Waals surface area contributed by atoms with Gasteiger partial charge in [0.15, 0.2) is 5.57 Å². The molecule has 0 amide bonds. The average molecular weight is 613 g/mol. The van der Waals surface area contributed by atoms with Gasteiger partial charge in [0.1, 0.15) is 18.2 Å². The van der Waals surface area contributed by atoms with Crippen LogP contribution in [0.15, 0.2) is 90.3 Å². The van der Waals surface area contributed by atoms with Gasteiger partial charge >= 0.3 is 11.9 Å². The van der Waals surface area contributed by atoms with E-state index in [-0.39, 0.29) is 11.0 Å². The maximum absolute atomic E-state index is 13.4. The van der Waals surface area contributed by atoms with Crippen molar-refractivity contribution >= 4 is 17.6 Å². The molecule has 4 rings (SSSR count). The van der Waals surface area contributed by atoms with Gasteiger partial charge in [0.05, 0.1) is 0 Å². The van der Waals surface area contributed by atoms with Crippen molar-refractivity contribution in [1.82, 2.24) is 4.90 Å². The number of nitrogens with one attached hydrogen (secondary N) is 1. The lowest BCUT2D eigenvalue weighted by Crippen LogP contribution is -2.44. The number of carbonyl (C=O) groups excluding carboxylic acids is 2. The van der Waals surface area contributed by atoms with Crippen LogP contribution < -0.4 is 10.1 Å². The van der Waals surface area contributed by atoms with Crippen LogP contribution in [0.25, 0.3) is 0 Å². The first-order valence-corrected chi connectivity index (χ1v) is 16.0. The summed E-state index contributed by atoms with van der Waals surface area (Å²) in [7, 11) is 0. The highest BCUT2D eigenvalue weighted by molar-refractivity contribution is 6.16. The van der Waals surface area contributed by atoms with Crippen molar-refractivity contribution in [2.75, 3.05) is 11.9 Å². The first-order valence-electron chi connectivity index (χ1n) is 16.0. The normalized spacial score (nSPS) is 14.4. The van der Waals surface area contributed by atoms with Crippen LogP contribution >= 0.6 is 0 Å². The second-order valence-electron chi connectivity index (χ2n) is 13.1. The van der Waals surface area contributed by atoms with Crippen LogP contribution in [0, 0.1) is 0 Å². The summed E-state index contributed by atoms with van der Waals surface area (Å²) in [4.78, 5) is 28.8. The van der Waals surface area contributed by atoms with E-state index in [1.54, 1.807) is 13.8 Å². The van der Waals surface area contributed by atoms with E-state index in [2.05, 4.69) is 62.2 Å². The topological polar surface area (TPSA) is 77.1 Å².